The predicted octanol–water partition coefficient (Wildman–Crippen LogP) is 14.4. The van der Waals surface area contributed by atoms with Crippen LogP contribution in [0.3, 0.4) is 0 Å². The lowest BCUT2D eigenvalue weighted by atomic mass is 10.0. The van der Waals surface area contributed by atoms with E-state index in [1.165, 1.54) is 57.3 Å². The Morgan fingerprint density at radius 3 is 1.95 bits per heavy atom. The number of hydrogen-bond acceptors (Lipinski definition) is 5. The molecule has 1 aliphatic heterocycles. The highest BCUT2D eigenvalue weighted by Crippen LogP contribution is 2.49. The molecule has 0 N–H and O–H groups in total. The Labute approximate surface area is 352 Å². The van der Waals surface area contributed by atoms with Gasteiger partial charge < -0.3 is 0 Å². The van der Waals surface area contributed by atoms with Crippen LogP contribution in [0.15, 0.2) is 198 Å². The number of rotatable bonds is 5. The summed E-state index contributed by atoms with van der Waals surface area (Å²) in [4.78, 5) is 18.4. The molecule has 0 saturated heterocycles. The van der Waals surface area contributed by atoms with Gasteiger partial charge in [0, 0.05) is 68.5 Å². The molecular weight excluding hydrogens is 771 g/mol. The number of para-hydroxylation sites is 3. The average Bonchev–Trinajstić information content (AvgIpc) is 3.98. The van der Waals surface area contributed by atoms with Crippen molar-refractivity contribution in [1.82, 2.24) is 24.1 Å². The van der Waals surface area contributed by atoms with Crippen molar-refractivity contribution in [3.63, 3.8) is 0 Å². The number of aromatic nitrogens is 5. The molecule has 5 heterocycles. The molecular formula is C53H31N5S2. The Balaban J connectivity index is 1.06. The molecule has 60 heavy (non-hydrogen) atoms. The maximum Gasteiger partial charge on any atom is 0.165 e. The maximum atomic E-state index is 5.33. The summed E-state index contributed by atoms with van der Waals surface area (Å²) in [5, 5.41) is 6.19. The summed E-state index contributed by atoms with van der Waals surface area (Å²) in [7, 11) is 0. The number of nitrogens with zero attached hydrogens (tertiary/aromatic N) is 5. The van der Waals surface area contributed by atoms with E-state index in [1.54, 1.807) is 11.3 Å². The van der Waals surface area contributed by atoms with E-state index in [4.69, 9.17) is 15.0 Å². The van der Waals surface area contributed by atoms with Crippen LogP contribution in [-0.4, -0.2) is 24.1 Å². The number of benzene rings is 8. The highest BCUT2D eigenvalue weighted by Gasteiger charge is 2.28. The lowest BCUT2D eigenvalue weighted by Gasteiger charge is -2.21. The molecule has 1 aliphatic rings. The Morgan fingerprint density at radius 1 is 0.417 bits per heavy atom. The first-order chi connectivity index (χ1) is 29.7. The quantitative estimate of drug-likeness (QED) is 0.174. The van der Waals surface area contributed by atoms with Crippen LogP contribution in [0.1, 0.15) is 0 Å². The second kappa shape index (κ2) is 13.1. The third-order valence-electron chi connectivity index (χ3n) is 11.8. The molecule has 8 aromatic carbocycles. The Hall–Kier alpha value is -7.32. The van der Waals surface area contributed by atoms with Crippen LogP contribution in [0.25, 0.3) is 110 Å². The summed E-state index contributed by atoms with van der Waals surface area (Å²) in [6.45, 7) is 0. The SMILES string of the molecule is c1ccc(-c2cccc(-c3nc(-c4cccc(-n5c6ccccc6c6c7cccc8c7n(c65)-c5ccccc5S8)c4)nc(-c4cccc5c4sc4ccccc45)n3)c2)cc1. The van der Waals surface area contributed by atoms with E-state index in [-0.39, 0.29) is 0 Å². The van der Waals surface area contributed by atoms with Gasteiger partial charge in [0.05, 0.1) is 16.7 Å². The zero-order valence-electron chi connectivity index (χ0n) is 32.0. The van der Waals surface area contributed by atoms with Crippen molar-refractivity contribution in [2.75, 3.05) is 0 Å². The van der Waals surface area contributed by atoms with E-state index in [0.29, 0.717) is 17.5 Å². The van der Waals surface area contributed by atoms with Gasteiger partial charge in [0.1, 0.15) is 5.65 Å². The van der Waals surface area contributed by atoms with Crippen LogP contribution in [0, 0.1) is 0 Å². The molecule has 0 aliphatic carbocycles. The highest BCUT2D eigenvalue weighted by atomic mass is 32.2. The van der Waals surface area contributed by atoms with Crippen molar-refractivity contribution in [2.45, 2.75) is 9.79 Å². The zero-order chi connectivity index (χ0) is 39.3. The molecule has 0 radical (unpaired) electrons. The van der Waals surface area contributed by atoms with Gasteiger partial charge in [0.2, 0.25) is 0 Å². The number of thiophene rings is 1. The molecule has 0 atom stereocenters. The van der Waals surface area contributed by atoms with Crippen molar-refractivity contribution in [3.8, 4) is 56.7 Å². The molecule has 0 bridgehead atoms. The van der Waals surface area contributed by atoms with Crippen molar-refractivity contribution >= 4 is 76.1 Å². The fourth-order valence-corrected chi connectivity index (χ4v) is 11.4. The first kappa shape index (κ1) is 33.6. The minimum Gasteiger partial charge on any atom is -0.295 e. The molecule has 12 aromatic rings. The van der Waals surface area contributed by atoms with E-state index in [2.05, 4.69) is 191 Å². The first-order valence-corrected chi connectivity index (χ1v) is 21.7. The predicted molar refractivity (Wildman–Crippen MR) is 250 cm³/mol. The largest absolute Gasteiger partial charge is 0.295 e. The minimum atomic E-state index is 0.624. The molecule has 0 fully saturated rings. The summed E-state index contributed by atoms with van der Waals surface area (Å²) in [6, 6.07) is 67.0. The van der Waals surface area contributed by atoms with Crippen LogP contribution in [0.2, 0.25) is 0 Å². The van der Waals surface area contributed by atoms with Crippen LogP contribution < -0.4 is 0 Å². The van der Waals surface area contributed by atoms with Crippen LogP contribution in [0.5, 0.6) is 0 Å². The summed E-state index contributed by atoms with van der Waals surface area (Å²) in [5.74, 6) is 1.91. The molecule has 280 valence electrons. The Bertz CT molecular complexity index is 3710. The normalized spacial score (nSPS) is 12.3. The molecule has 13 rings (SSSR count). The van der Waals surface area contributed by atoms with Crippen molar-refractivity contribution in [3.05, 3.63) is 188 Å². The number of hydrogen-bond donors (Lipinski definition) is 0. The molecule has 0 saturated carbocycles. The second-order valence-electron chi connectivity index (χ2n) is 15.2. The summed E-state index contributed by atoms with van der Waals surface area (Å²) in [5.41, 5.74) is 10.9. The maximum absolute atomic E-state index is 5.33. The summed E-state index contributed by atoms with van der Waals surface area (Å²) in [6.07, 6.45) is 0. The van der Waals surface area contributed by atoms with Crippen molar-refractivity contribution in [1.29, 1.82) is 0 Å². The van der Waals surface area contributed by atoms with Crippen molar-refractivity contribution in [2.24, 2.45) is 0 Å². The fraction of sp³-hybridized carbons (Fsp3) is 0. The van der Waals surface area contributed by atoms with Gasteiger partial charge in [-0.05, 0) is 65.7 Å². The Kier molecular flexibility index (Phi) is 7.34. The monoisotopic (exact) mass is 801 g/mol. The van der Waals surface area contributed by atoms with Crippen LogP contribution >= 0.6 is 23.1 Å². The van der Waals surface area contributed by atoms with Crippen molar-refractivity contribution < 1.29 is 0 Å². The van der Waals surface area contributed by atoms with E-state index in [9.17, 15) is 0 Å². The molecule has 0 spiro atoms. The van der Waals surface area contributed by atoms with Crippen LogP contribution in [-0.2, 0) is 0 Å². The third-order valence-corrected chi connectivity index (χ3v) is 14.1. The lowest BCUT2D eigenvalue weighted by Crippen LogP contribution is -2.06. The topological polar surface area (TPSA) is 48.5 Å². The smallest absolute Gasteiger partial charge is 0.165 e. The zero-order valence-corrected chi connectivity index (χ0v) is 33.6. The van der Waals surface area contributed by atoms with Gasteiger partial charge in [-0.25, -0.2) is 15.0 Å². The molecule has 0 amide bonds. The van der Waals surface area contributed by atoms with Gasteiger partial charge >= 0.3 is 0 Å². The van der Waals surface area contributed by atoms with Crippen LogP contribution in [0.4, 0.5) is 0 Å². The van der Waals surface area contributed by atoms with Gasteiger partial charge in [-0.2, -0.15) is 0 Å². The number of fused-ring (bicyclic) bond motifs is 10. The summed E-state index contributed by atoms with van der Waals surface area (Å²) >= 11 is 3.64. The highest BCUT2D eigenvalue weighted by molar-refractivity contribution is 7.99. The molecule has 4 aromatic heterocycles. The van der Waals surface area contributed by atoms with Gasteiger partial charge in [-0.3, -0.25) is 9.13 Å². The fourth-order valence-electron chi connectivity index (χ4n) is 9.12. The van der Waals surface area contributed by atoms with E-state index >= 15 is 0 Å². The lowest BCUT2D eigenvalue weighted by molar-refractivity contribution is 1.02. The minimum absolute atomic E-state index is 0.624. The average molecular weight is 802 g/mol. The van der Waals surface area contributed by atoms with E-state index < -0.39 is 0 Å². The third kappa shape index (κ3) is 5.03. The van der Waals surface area contributed by atoms with E-state index in [0.717, 1.165) is 44.7 Å². The van der Waals surface area contributed by atoms with Gasteiger partial charge in [0.15, 0.2) is 17.5 Å². The van der Waals surface area contributed by atoms with Gasteiger partial charge in [0.25, 0.3) is 0 Å². The Morgan fingerprint density at radius 2 is 1.05 bits per heavy atom. The van der Waals surface area contributed by atoms with Gasteiger partial charge in [-0.1, -0.05) is 145 Å². The molecule has 0 unspecified atom stereocenters. The first-order valence-electron chi connectivity index (χ1n) is 20.0. The second-order valence-corrected chi connectivity index (χ2v) is 17.3. The molecule has 5 nitrogen and oxygen atoms in total. The standard InChI is InChI=1S/C53H31N5S2/c1-2-14-32(15-3-1)33-16-10-17-34(30-33)50-54-51(56-52(55-50)41-24-12-22-38-37-20-5-8-27-44(37)60-49(38)41)35-18-11-19-36(31-35)57-42-25-6-4-21-39(42)47-40-23-13-29-46-48(40)58(53(47)57)43-26-7-9-28-45(43)59-46/h1-31H. The summed E-state index contributed by atoms with van der Waals surface area (Å²) < 4.78 is 7.31. The van der Waals surface area contributed by atoms with E-state index in [1.807, 2.05) is 17.8 Å². The molecule has 7 heteroatoms. The van der Waals surface area contributed by atoms with Gasteiger partial charge in [-0.15, -0.1) is 11.3 Å².